The lowest BCUT2D eigenvalue weighted by Gasteiger charge is -2.20. The number of anilines is 1. The molecule has 0 unspecified atom stereocenters. The van der Waals surface area contributed by atoms with Crippen molar-refractivity contribution >= 4 is 11.7 Å². The predicted molar refractivity (Wildman–Crippen MR) is 102 cm³/mol. The summed E-state index contributed by atoms with van der Waals surface area (Å²) in [6.07, 6.45) is 8.98. The van der Waals surface area contributed by atoms with Crippen LogP contribution in [0.5, 0.6) is 5.75 Å². The van der Waals surface area contributed by atoms with Crippen molar-refractivity contribution in [2.75, 3.05) is 31.6 Å². The third-order valence-electron chi connectivity index (χ3n) is 4.66. The maximum atomic E-state index is 12.2. The molecule has 1 amide bonds. The number of nitrogens with zero attached hydrogens (tertiary/aromatic N) is 3. The van der Waals surface area contributed by atoms with E-state index >= 15 is 0 Å². The molecule has 1 aliphatic rings. The van der Waals surface area contributed by atoms with Crippen molar-refractivity contribution in [1.82, 2.24) is 15.3 Å². The van der Waals surface area contributed by atoms with Gasteiger partial charge in [-0.05, 0) is 37.0 Å². The van der Waals surface area contributed by atoms with Gasteiger partial charge in [-0.2, -0.15) is 0 Å². The maximum absolute atomic E-state index is 12.2. The molecular formula is C20H26N4O2. The van der Waals surface area contributed by atoms with E-state index in [4.69, 9.17) is 4.74 Å². The molecule has 3 rings (SSSR count). The van der Waals surface area contributed by atoms with Crippen LogP contribution in [0.3, 0.4) is 0 Å². The number of benzene rings is 1. The molecule has 1 aromatic carbocycles. The Morgan fingerprint density at radius 2 is 1.81 bits per heavy atom. The Hall–Kier alpha value is -2.63. The smallest absolute Gasteiger partial charge is 0.271 e. The highest BCUT2D eigenvalue weighted by molar-refractivity contribution is 5.92. The Balaban J connectivity index is 1.49. The van der Waals surface area contributed by atoms with Crippen molar-refractivity contribution in [3.63, 3.8) is 0 Å². The first-order chi connectivity index (χ1) is 12.8. The Kier molecular flexibility index (Phi) is 6.41. The zero-order chi connectivity index (χ0) is 18.2. The van der Waals surface area contributed by atoms with Gasteiger partial charge < -0.3 is 15.0 Å². The van der Waals surface area contributed by atoms with Crippen LogP contribution in [-0.2, 0) is 6.42 Å². The van der Waals surface area contributed by atoms with Crippen molar-refractivity contribution in [2.45, 2.75) is 32.1 Å². The zero-order valence-electron chi connectivity index (χ0n) is 15.3. The van der Waals surface area contributed by atoms with E-state index in [-0.39, 0.29) is 5.91 Å². The van der Waals surface area contributed by atoms with E-state index in [9.17, 15) is 4.79 Å². The summed E-state index contributed by atoms with van der Waals surface area (Å²) >= 11 is 0. The minimum Gasteiger partial charge on any atom is -0.497 e. The van der Waals surface area contributed by atoms with Gasteiger partial charge in [0.1, 0.15) is 17.3 Å². The first kappa shape index (κ1) is 18.2. The standard InChI is InChI=1S/C20H26N4O2/c1-26-17-8-6-16(7-9-17)10-11-21-20(25)18-14-23-19(15-22-18)24-12-4-2-3-5-13-24/h6-9,14-15H,2-5,10-13H2,1H3,(H,21,25). The number of nitrogens with one attached hydrogen (secondary N) is 1. The molecule has 6 nitrogen and oxygen atoms in total. The highest BCUT2D eigenvalue weighted by atomic mass is 16.5. The third-order valence-corrected chi connectivity index (χ3v) is 4.66. The summed E-state index contributed by atoms with van der Waals surface area (Å²) in [6, 6.07) is 7.84. The van der Waals surface area contributed by atoms with Crippen molar-refractivity contribution in [2.24, 2.45) is 0 Å². The Morgan fingerprint density at radius 3 is 2.42 bits per heavy atom. The minimum absolute atomic E-state index is 0.187. The normalized spacial score (nSPS) is 14.6. The lowest BCUT2D eigenvalue weighted by Crippen LogP contribution is -2.28. The third kappa shape index (κ3) is 4.94. The van der Waals surface area contributed by atoms with E-state index in [0.29, 0.717) is 12.2 Å². The first-order valence-corrected chi connectivity index (χ1v) is 9.24. The fourth-order valence-electron chi connectivity index (χ4n) is 3.10. The van der Waals surface area contributed by atoms with Gasteiger partial charge in [-0.15, -0.1) is 0 Å². The van der Waals surface area contributed by atoms with Crippen molar-refractivity contribution in [1.29, 1.82) is 0 Å². The van der Waals surface area contributed by atoms with Gasteiger partial charge in [0, 0.05) is 19.6 Å². The van der Waals surface area contributed by atoms with Crippen LogP contribution in [0, 0.1) is 0 Å². The number of amides is 1. The number of hydrogen-bond donors (Lipinski definition) is 1. The predicted octanol–water partition coefficient (Wildman–Crippen LogP) is 2.84. The SMILES string of the molecule is COc1ccc(CCNC(=O)c2cnc(N3CCCCCC3)cn2)cc1. The van der Waals surface area contributed by atoms with Gasteiger partial charge in [0.2, 0.25) is 0 Å². The molecule has 2 aromatic rings. The molecule has 26 heavy (non-hydrogen) atoms. The zero-order valence-corrected chi connectivity index (χ0v) is 15.3. The van der Waals surface area contributed by atoms with Gasteiger partial charge in [-0.1, -0.05) is 25.0 Å². The summed E-state index contributed by atoms with van der Waals surface area (Å²) in [6.45, 7) is 2.59. The van der Waals surface area contributed by atoms with Crippen LogP contribution in [0.2, 0.25) is 0 Å². The van der Waals surface area contributed by atoms with E-state index in [1.54, 1.807) is 19.5 Å². The summed E-state index contributed by atoms with van der Waals surface area (Å²) in [7, 11) is 1.65. The highest BCUT2D eigenvalue weighted by Crippen LogP contribution is 2.16. The van der Waals surface area contributed by atoms with E-state index in [1.807, 2.05) is 24.3 Å². The Bertz CT molecular complexity index is 693. The minimum atomic E-state index is -0.187. The molecule has 1 saturated heterocycles. The van der Waals surface area contributed by atoms with Crippen LogP contribution in [-0.4, -0.2) is 42.6 Å². The number of carbonyl (C=O) groups is 1. The van der Waals surface area contributed by atoms with Crippen molar-refractivity contribution in [3.05, 3.63) is 47.9 Å². The second kappa shape index (κ2) is 9.17. The summed E-state index contributed by atoms with van der Waals surface area (Å²) in [4.78, 5) is 23.2. The average molecular weight is 354 g/mol. The van der Waals surface area contributed by atoms with Crippen LogP contribution < -0.4 is 15.0 Å². The summed E-state index contributed by atoms with van der Waals surface area (Å²) < 4.78 is 5.14. The number of carbonyl (C=O) groups excluding carboxylic acids is 1. The molecule has 0 atom stereocenters. The van der Waals surface area contributed by atoms with E-state index in [0.717, 1.165) is 36.6 Å². The molecule has 1 aromatic heterocycles. The van der Waals surface area contributed by atoms with Gasteiger partial charge in [-0.25, -0.2) is 9.97 Å². The van der Waals surface area contributed by atoms with E-state index in [2.05, 4.69) is 20.2 Å². The van der Waals surface area contributed by atoms with Gasteiger partial charge in [-0.3, -0.25) is 4.79 Å². The van der Waals surface area contributed by atoms with Crippen LogP contribution in [0.1, 0.15) is 41.7 Å². The Labute approximate surface area is 154 Å². The van der Waals surface area contributed by atoms with Gasteiger partial charge in [0.25, 0.3) is 5.91 Å². The molecule has 0 aliphatic carbocycles. The molecule has 0 saturated carbocycles. The molecule has 1 N–H and O–H groups in total. The summed E-state index contributed by atoms with van der Waals surface area (Å²) in [5.41, 5.74) is 1.51. The first-order valence-electron chi connectivity index (χ1n) is 9.24. The quantitative estimate of drug-likeness (QED) is 0.864. The number of rotatable bonds is 6. The van der Waals surface area contributed by atoms with Gasteiger partial charge in [0.15, 0.2) is 0 Å². The second-order valence-corrected chi connectivity index (χ2v) is 6.52. The lowest BCUT2D eigenvalue weighted by molar-refractivity contribution is 0.0949. The molecule has 1 fully saturated rings. The largest absolute Gasteiger partial charge is 0.497 e. The van der Waals surface area contributed by atoms with Gasteiger partial charge >= 0.3 is 0 Å². The van der Waals surface area contributed by atoms with Crippen LogP contribution in [0.25, 0.3) is 0 Å². The maximum Gasteiger partial charge on any atom is 0.271 e. The molecule has 0 bridgehead atoms. The van der Waals surface area contributed by atoms with Crippen molar-refractivity contribution < 1.29 is 9.53 Å². The van der Waals surface area contributed by atoms with Crippen molar-refractivity contribution in [3.8, 4) is 5.75 Å². The monoisotopic (exact) mass is 354 g/mol. The lowest BCUT2D eigenvalue weighted by atomic mass is 10.1. The highest BCUT2D eigenvalue weighted by Gasteiger charge is 2.13. The topological polar surface area (TPSA) is 67.3 Å². The van der Waals surface area contributed by atoms with Crippen LogP contribution in [0.15, 0.2) is 36.7 Å². The fourth-order valence-corrected chi connectivity index (χ4v) is 3.10. The fraction of sp³-hybridized carbons (Fsp3) is 0.450. The number of methoxy groups -OCH3 is 1. The number of hydrogen-bond acceptors (Lipinski definition) is 5. The summed E-state index contributed by atoms with van der Waals surface area (Å²) in [5, 5.41) is 2.90. The number of ether oxygens (including phenoxy) is 1. The second-order valence-electron chi connectivity index (χ2n) is 6.52. The molecule has 0 radical (unpaired) electrons. The van der Waals surface area contributed by atoms with E-state index in [1.165, 1.54) is 25.7 Å². The molecule has 6 heteroatoms. The molecule has 2 heterocycles. The molecular weight excluding hydrogens is 328 g/mol. The average Bonchev–Trinajstić information content (AvgIpc) is 2.98. The van der Waals surface area contributed by atoms with Crippen LogP contribution >= 0.6 is 0 Å². The van der Waals surface area contributed by atoms with Gasteiger partial charge in [0.05, 0.1) is 19.5 Å². The van der Waals surface area contributed by atoms with Crippen LogP contribution in [0.4, 0.5) is 5.82 Å². The number of aromatic nitrogens is 2. The summed E-state index contributed by atoms with van der Waals surface area (Å²) in [5.74, 6) is 1.51. The molecule has 1 aliphatic heterocycles. The molecule has 0 spiro atoms. The molecule has 138 valence electrons. The Morgan fingerprint density at radius 1 is 1.08 bits per heavy atom. The van der Waals surface area contributed by atoms with E-state index < -0.39 is 0 Å².